The third kappa shape index (κ3) is 4.51. The first-order chi connectivity index (χ1) is 16.7. The number of ketones is 1. The van der Waals surface area contributed by atoms with Crippen LogP contribution in [0.5, 0.6) is 5.75 Å². The zero-order valence-electron chi connectivity index (χ0n) is 19.3. The number of para-hydroxylation sites is 1. The van der Waals surface area contributed by atoms with Gasteiger partial charge in [0.2, 0.25) is 17.6 Å². The standard InChI is InChI=1S/C25H24N2O8/c1-14-7-9-16-18(11-14)24(30)26(23(16)29)19-6-4-3-5-17(19)25(31)35-13-21(28)15-8-10-22(34-2)20(12-15)27(32)33/h3-6,8,10,12,14,16,18H,7,9,11,13H2,1-2H3/t14-,16-,18+/m1/s1. The molecule has 0 radical (unpaired) electrons. The number of anilines is 1. The fraction of sp³-hybridized carbons (Fsp3) is 0.360. The predicted octanol–water partition coefficient (Wildman–Crippen LogP) is 3.57. The monoisotopic (exact) mass is 480 g/mol. The van der Waals surface area contributed by atoms with E-state index in [0.29, 0.717) is 18.8 Å². The lowest BCUT2D eigenvalue weighted by atomic mass is 9.76. The first-order valence-corrected chi connectivity index (χ1v) is 11.2. The molecule has 1 aliphatic heterocycles. The molecule has 182 valence electrons. The van der Waals surface area contributed by atoms with E-state index in [4.69, 9.17) is 9.47 Å². The van der Waals surface area contributed by atoms with Crippen LogP contribution < -0.4 is 9.64 Å². The van der Waals surface area contributed by atoms with E-state index in [-0.39, 0.29) is 34.4 Å². The molecule has 0 unspecified atom stereocenters. The molecule has 2 aliphatic rings. The Hall–Kier alpha value is -4.08. The maximum absolute atomic E-state index is 13.1. The molecule has 2 aromatic carbocycles. The Bertz CT molecular complexity index is 1220. The van der Waals surface area contributed by atoms with Crippen LogP contribution in [-0.4, -0.2) is 42.2 Å². The molecule has 1 heterocycles. The van der Waals surface area contributed by atoms with Crippen molar-refractivity contribution in [2.75, 3.05) is 18.6 Å². The molecule has 2 aromatic rings. The van der Waals surface area contributed by atoms with Crippen molar-refractivity contribution in [2.24, 2.45) is 17.8 Å². The second-order valence-electron chi connectivity index (χ2n) is 8.80. The van der Waals surface area contributed by atoms with Crippen LogP contribution in [0.25, 0.3) is 0 Å². The molecule has 1 aliphatic carbocycles. The molecule has 0 spiro atoms. The molecule has 2 fully saturated rings. The third-order valence-electron chi connectivity index (χ3n) is 6.58. The maximum Gasteiger partial charge on any atom is 0.340 e. The van der Waals surface area contributed by atoms with Crippen LogP contribution in [0.4, 0.5) is 11.4 Å². The zero-order chi connectivity index (χ0) is 25.3. The summed E-state index contributed by atoms with van der Waals surface area (Å²) in [6, 6.07) is 9.77. The predicted molar refractivity (Wildman–Crippen MR) is 123 cm³/mol. The van der Waals surface area contributed by atoms with Crippen molar-refractivity contribution in [1.29, 1.82) is 0 Å². The molecule has 0 aromatic heterocycles. The van der Waals surface area contributed by atoms with Crippen LogP contribution in [0.15, 0.2) is 42.5 Å². The van der Waals surface area contributed by atoms with Crippen molar-refractivity contribution in [3.05, 3.63) is 63.7 Å². The number of nitro benzene ring substituents is 1. The Morgan fingerprint density at radius 1 is 1.09 bits per heavy atom. The van der Waals surface area contributed by atoms with E-state index >= 15 is 0 Å². The summed E-state index contributed by atoms with van der Waals surface area (Å²) in [5.41, 5.74) is -0.310. The van der Waals surface area contributed by atoms with Crippen molar-refractivity contribution >= 4 is 34.9 Å². The van der Waals surface area contributed by atoms with Gasteiger partial charge >= 0.3 is 11.7 Å². The summed E-state index contributed by atoms with van der Waals surface area (Å²) < 4.78 is 10.1. The number of rotatable bonds is 7. The molecule has 4 rings (SSSR count). The van der Waals surface area contributed by atoms with Gasteiger partial charge in [-0.3, -0.25) is 24.5 Å². The van der Waals surface area contributed by atoms with Gasteiger partial charge in [0.15, 0.2) is 12.4 Å². The fourth-order valence-corrected chi connectivity index (χ4v) is 4.77. The van der Waals surface area contributed by atoms with Crippen molar-refractivity contribution in [3.63, 3.8) is 0 Å². The smallest absolute Gasteiger partial charge is 0.340 e. The fourth-order valence-electron chi connectivity index (χ4n) is 4.77. The highest BCUT2D eigenvalue weighted by Crippen LogP contribution is 2.42. The van der Waals surface area contributed by atoms with E-state index in [2.05, 4.69) is 6.92 Å². The summed E-state index contributed by atoms with van der Waals surface area (Å²) >= 11 is 0. The number of carbonyl (C=O) groups excluding carboxylic acids is 4. The molecule has 2 amide bonds. The van der Waals surface area contributed by atoms with Crippen LogP contribution in [0.2, 0.25) is 0 Å². The van der Waals surface area contributed by atoms with Crippen LogP contribution in [0.1, 0.15) is 46.9 Å². The number of hydrogen-bond acceptors (Lipinski definition) is 8. The van der Waals surface area contributed by atoms with E-state index < -0.39 is 40.8 Å². The molecule has 10 nitrogen and oxygen atoms in total. The van der Waals surface area contributed by atoms with E-state index in [1.807, 2.05) is 0 Å². The Balaban J connectivity index is 1.52. The highest BCUT2D eigenvalue weighted by atomic mass is 16.6. The lowest BCUT2D eigenvalue weighted by molar-refractivity contribution is -0.385. The molecular formula is C25H24N2O8. The van der Waals surface area contributed by atoms with Crippen LogP contribution in [-0.2, 0) is 14.3 Å². The van der Waals surface area contributed by atoms with Gasteiger partial charge in [-0.1, -0.05) is 19.1 Å². The summed E-state index contributed by atoms with van der Waals surface area (Å²) in [5.74, 6) is -2.66. The van der Waals surface area contributed by atoms with E-state index in [1.54, 1.807) is 12.1 Å². The Labute approximate surface area is 201 Å². The van der Waals surface area contributed by atoms with Crippen LogP contribution >= 0.6 is 0 Å². The number of benzene rings is 2. The average molecular weight is 480 g/mol. The highest BCUT2D eigenvalue weighted by molar-refractivity contribution is 6.24. The first kappa shape index (κ1) is 24.1. The number of nitrogens with zero attached hydrogens (tertiary/aromatic N) is 2. The van der Waals surface area contributed by atoms with Gasteiger partial charge < -0.3 is 9.47 Å². The van der Waals surface area contributed by atoms with Crippen LogP contribution in [0, 0.1) is 27.9 Å². The number of hydrogen-bond donors (Lipinski definition) is 0. The lowest BCUT2D eigenvalue weighted by Gasteiger charge is -2.25. The lowest BCUT2D eigenvalue weighted by Crippen LogP contribution is -2.32. The Kier molecular flexibility index (Phi) is 6.63. The average Bonchev–Trinajstić information content (AvgIpc) is 3.10. The summed E-state index contributed by atoms with van der Waals surface area (Å²) in [4.78, 5) is 63.1. The number of carbonyl (C=O) groups is 4. The van der Waals surface area contributed by atoms with Gasteiger partial charge in [-0.05, 0) is 49.4 Å². The molecule has 3 atom stereocenters. The van der Waals surface area contributed by atoms with Crippen LogP contribution in [0.3, 0.4) is 0 Å². The van der Waals surface area contributed by atoms with Gasteiger partial charge in [-0.2, -0.15) is 0 Å². The van der Waals surface area contributed by atoms with E-state index in [0.717, 1.165) is 17.4 Å². The number of ether oxygens (including phenoxy) is 2. The minimum absolute atomic E-state index is 0.00706. The molecule has 1 saturated carbocycles. The first-order valence-electron chi connectivity index (χ1n) is 11.2. The van der Waals surface area contributed by atoms with E-state index in [1.165, 1.54) is 31.4 Å². The molecule has 1 saturated heterocycles. The number of methoxy groups -OCH3 is 1. The number of esters is 1. The summed E-state index contributed by atoms with van der Waals surface area (Å²) in [7, 11) is 1.27. The Morgan fingerprint density at radius 3 is 2.51 bits per heavy atom. The van der Waals surface area contributed by atoms with Gasteiger partial charge in [0.25, 0.3) is 0 Å². The van der Waals surface area contributed by atoms with Crippen molar-refractivity contribution in [1.82, 2.24) is 0 Å². The maximum atomic E-state index is 13.1. The number of nitro groups is 1. The van der Waals surface area contributed by atoms with Crippen molar-refractivity contribution < 1.29 is 33.6 Å². The number of imide groups is 1. The van der Waals surface area contributed by atoms with Gasteiger partial charge in [-0.25, -0.2) is 9.69 Å². The Morgan fingerprint density at radius 2 is 1.80 bits per heavy atom. The number of amides is 2. The van der Waals surface area contributed by atoms with Crippen molar-refractivity contribution in [2.45, 2.75) is 26.2 Å². The topological polar surface area (TPSA) is 133 Å². The summed E-state index contributed by atoms with van der Waals surface area (Å²) in [6.45, 7) is 1.37. The molecule has 35 heavy (non-hydrogen) atoms. The normalized spacial score (nSPS) is 21.4. The molecule has 0 N–H and O–H groups in total. The van der Waals surface area contributed by atoms with Gasteiger partial charge in [0, 0.05) is 11.6 Å². The van der Waals surface area contributed by atoms with Crippen molar-refractivity contribution in [3.8, 4) is 5.75 Å². The largest absolute Gasteiger partial charge is 0.490 e. The third-order valence-corrected chi connectivity index (χ3v) is 6.58. The minimum Gasteiger partial charge on any atom is -0.490 e. The second kappa shape index (κ2) is 9.65. The van der Waals surface area contributed by atoms with Gasteiger partial charge in [0.1, 0.15) is 0 Å². The van der Waals surface area contributed by atoms with Gasteiger partial charge in [0.05, 0.1) is 35.1 Å². The second-order valence-corrected chi connectivity index (χ2v) is 8.80. The van der Waals surface area contributed by atoms with E-state index in [9.17, 15) is 29.3 Å². The minimum atomic E-state index is -0.888. The number of Topliss-reactive ketones (excluding diaryl/α,β-unsaturated/α-hetero) is 1. The molecule has 10 heteroatoms. The van der Waals surface area contributed by atoms with Gasteiger partial charge in [-0.15, -0.1) is 0 Å². The highest BCUT2D eigenvalue weighted by Gasteiger charge is 2.50. The zero-order valence-corrected chi connectivity index (χ0v) is 19.3. The quantitative estimate of drug-likeness (QED) is 0.193. The number of fused-ring (bicyclic) bond motifs is 1. The summed E-state index contributed by atoms with van der Waals surface area (Å²) in [5, 5.41) is 11.2. The molecule has 0 bridgehead atoms. The summed E-state index contributed by atoms with van der Waals surface area (Å²) in [6.07, 6.45) is 2.12. The SMILES string of the molecule is COc1ccc(C(=O)COC(=O)c2ccccc2N2C(=O)[C@H]3C[C@H](C)CC[C@H]3C2=O)cc1[N+](=O)[O-]. The molecular weight excluding hydrogens is 456 g/mol.